The Morgan fingerprint density at radius 2 is 2.09 bits per heavy atom. The van der Waals surface area contributed by atoms with E-state index in [2.05, 4.69) is 10.5 Å². The highest BCUT2D eigenvalue weighted by Crippen LogP contribution is 2.23. The molecule has 1 aromatic rings. The van der Waals surface area contributed by atoms with E-state index in [1.54, 1.807) is 18.2 Å². The van der Waals surface area contributed by atoms with E-state index in [0.29, 0.717) is 18.2 Å². The number of ether oxygens (including phenoxy) is 2. The molecule has 1 aliphatic rings. The highest BCUT2D eigenvalue weighted by molar-refractivity contribution is 6.10. The summed E-state index contributed by atoms with van der Waals surface area (Å²) in [5.41, 5.74) is 2.45. The molecule has 0 bridgehead atoms. The number of hydrazone groups is 1. The van der Waals surface area contributed by atoms with Gasteiger partial charge in [0.05, 0.1) is 12.3 Å². The largest absolute Gasteiger partial charge is 0.490 e. The van der Waals surface area contributed by atoms with Gasteiger partial charge < -0.3 is 9.47 Å². The van der Waals surface area contributed by atoms with Crippen molar-refractivity contribution in [3.63, 3.8) is 0 Å². The summed E-state index contributed by atoms with van der Waals surface area (Å²) in [6, 6.07) is 7.47. The van der Waals surface area contributed by atoms with Crippen LogP contribution in [0.25, 0.3) is 0 Å². The molecule has 0 aliphatic carbocycles. The van der Waals surface area contributed by atoms with E-state index >= 15 is 0 Å². The normalized spacial score (nSPS) is 14.5. The first kappa shape index (κ1) is 15.7. The number of hydrogen-bond donors (Lipinski definition) is 1. The van der Waals surface area contributed by atoms with Crippen LogP contribution < -0.4 is 10.2 Å². The molecule has 1 N–H and O–H groups in total. The molecule has 0 unspecified atom stereocenters. The molecule has 1 saturated heterocycles. The van der Waals surface area contributed by atoms with Gasteiger partial charge in [-0.15, -0.1) is 0 Å². The Morgan fingerprint density at radius 1 is 1.36 bits per heavy atom. The van der Waals surface area contributed by atoms with Crippen LogP contribution in [0.4, 0.5) is 10.1 Å². The zero-order valence-corrected chi connectivity index (χ0v) is 11.9. The Bertz CT molecular complexity index is 611. The van der Waals surface area contributed by atoms with Crippen molar-refractivity contribution in [2.24, 2.45) is 11.0 Å². The molecule has 7 heteroatoms. The fourth-order valence-corrected chi connectivity index (χ4v) is 2.00. The van der Waals surface area contributed by atoms with Gasteiger partial charge in [-0.1, -0.05) is 0 Å². The number of hydrogen-bond acceptors (Lipinski definition) is 6. The predicted molar refractivity (Wildman–Crippen MR) is 77.7 cm³/mol. The summed E-state index contributed by atoms with van der Waals surface area (Å²) in [4.78, 5) is 0. The van der Waals surface area contributed by atoms with Crippen LogP contribution in [-0.2, 0) is 4.74 Å². The molecule has 0 atom stereocenters. The van der Waals surface area contributed by atoms with Gasteiger partial charge in [0.25, 0.3) is 0 Å². The molecule has 114 valence electrons. The summed E-state index contributed by atoms with van der Waals surface area (Å²) in [5, 5.41) is 20.6. The first-order valence-corrected chi connectivity index (χ1v) is 6.87. The Hall–Kier alpha value is -2.64. The topological polar surface area (TPSA) is 90.4 Å². The third-order valence-electron chi connectivity index (χ3n) is 3.26. The van der Waals surface area contributed by atoms with Gasteiger partial charge in [-0.05, 0) is 30.9 Å². The SMILES string of the molecule is N#CC(C#N)=NNc1ccc(OCC2CCOCC2)c(F)c1. The monoisotopic (exact) mass is 302 g/mol. The second kappa shape index (κ2) is 7.96. The fraction of sp³-hybridized carbons (Fsp3) is 0.400. The van der Waals surface area contributed by atoms with Crippen LogP contribution in [0.1, 0.15) is 12.8 Å². The number of benzene rings is 1. The summed E-state index contributed by atoms with van der Waals surface area (Å²) in [7, 11) is 0. The zero-order chi connectivity index (χ0) is 15.8. The van der Waals surface area contributed by atoms with E-state index in [1.807, 2.05) is 0 Å². The third kappa shape index (κ3) is 4.44. The first-order valence-electron chi connectivity index (χ1n) is 6.87. The highest BCUT2D eigenvalue weighted by atomic mass is 19.1. The molecular weight excluding hydrogens is 287 g/mol. The zero-order valence-electron chi connectivity index (χ0n) is 11.9. The van der Waals surface area contributed by atoms with Crippen molar-refractivity contribution < 1.29 is 13.9 Å². The van der Waals surface area contributed by atoms with Crippen LogP contribution in [-0.4, -0.2) is 25.5 Å². The summed E-state index contributed by atoms with van der Waals surface area (Å²) >= 11 is 0. The molecule has 0 aromatic heterocycles. The van der Waals surface area contributed by atoms with Crippen LogP contribution in [0.3, 0.4) is 0 Å². The number of nitriles is 2. The lowest BCUT2D eigenvalue weighted by Gasteiger charge is -2.22. The summed E-state index contributed by atoms with van der Waals surface area (Å²) < 4.78 is 24.7. The van der Waals surface area contributed by atoms with E-state index in [4.69, 9.17) is 20.0 Å². The maximum atomic E-state index is 13.9. The molecule has 1 fully saturated rings. The minimum Gasteiger partial charge on any atom is -0.490 e. The third-order valence-corrected chi connectivity index (χ3v) is 3.26. The van der Waals surface area contributed by atoms with Crippen molar-refractivity contribution in [3.05, 3.63) is 24.0 Å². The van der Waals surface area contributed by atoms with Gasteiger partial charge >= 0.3 is 0 Å². The minimum atomic E-state index is -0.525. The lowest BCUT2D eigenvalue weighted by atomic mass is 10.0. The molecule has 22 heavy (non-hydrogen) atoms. The second-order valence-corrected chi connectivity index (χ2v) is 4.81. The highest BCUT2D eigenvalue weighted by Gasteiger charge is 2.15. The van der Waals surface area contributed by atoms with E-state index in [9.17, 15) is 4.39 Å². The number of halogens is 1. The van der Waals surface area contributed by atoms with E-state index in [1.165, 1.54) is 12.1 Å². The number of anilines is 1. The Kier molecular flexibility index (Phi) is 5.70. The van der Waals surface area contributed by atoms with Gasteiger partial charge in [-0.25, -0.2) is 4.39 Å². The number of rotatable bonds is 5. The maximum Gasteiger partial charge on any atom is 0.237 e. The van der Waals surface area contributed by atoms with Crippen LogP contribution in [0.5, 0.6) is 5.75 Å². The number of nitrogens with one attached hydrogen (secondary N) is 1. The molecule has 0 radical (unpaired) electrons. The van der Waals surface area contributed by atoms with Crippen molar-refractivity contribution in [2.45, 2.75) is 12.8 Å². The van der Waals surface area contributed by atoms with Crippen LogP contribution in [0.15, 0.2) is 23.3 Å². The standard InChI is InChI=1S/C15H15FN4O2/c16-14-7-12(19-20-13(8-17)9-18)1-2-15(14)22-10-11-3-5-21-6-4-11/h1-2,7,11,19H,3-6,10H2. The first-order chi connectivity index (χ1) is 10.7. The molecular formula is C15H15FN4O2. The number of nitrogens with zero attached hydrogens (tertiary/aromatic N) is 3. The molecule has 1 heterocycles. The second-order valence-electron chi connectivity index (χ2n) is 4.81. The quantitative estimate of drug-likeness (QED) is 0.666. The minimum absolute atomic E-state index is 0.168. The smallest absolute Gasteiger partial charge is 0.237 e. The summed E-state index contributed by atoms with van der Waals surface area (Å²) in [5.74, 6) is 0.0221. The van der Waals surface area contributed by atoms with Crippen molar-refractivity contribution in [2.75, 3.05) is 25.2 Å². The molecule has 1 aromatic carbocycles. The average molecular weight is 302 g/mol. The van der Waals surface area contributed by atoms with Crippen LogP contribution in [0.2, 0.25) is 0 Å². The molecule has 0 saturated carbocycles. The van der Waals surface area contributed by atoms with Gasteiger partial charge in [-0.3, -0.25) is 5.43 Å². The molecule has 0 spiro atoms. The lowest BCUT2D eigenvalue weighted by Crippen LogP contribution is -2.21. The Balaban J connectivity index is 1.93. The average Bonchev–Trinajstić information content (AvgIpc) is 2.56. The predicted octanol–water partition coefficient (Wildman–Crippen LogP) is 2.45. The molecule has 1 aliphatic heterocycles. The molecule has 6 nitrogen and oxygen atoms in total. The molecule has 0 amide bonds. The Morgan fingerprint density at radius 3 is 2.73 bits per heavy atom. The lowest BCUT2D eigenvalue weighted by molar-refractivity contribution is 0.0492. The maximum absolute atomic E-state index is 13.9. The van der Waals surface area contributed by atoms with Crippen molar-refractivity contribution >= 4 is 11.4 Å². The van der Waals surface area contributed by atoms with Gasteiger partial charge in [0.15, 0.2) is 11.6 Å². The van der Waals surface area contributed by atoms with E-state index < -0.39 is 5.82 Å². The van der Waals surface area contributed by atoms with Crippen LogP contribution in [0, 0.1) is 34.4 Å². The van der Waals surface area contributed by atoms with Gasteiger partial charge in [0, 0.05) is 19.3 Å². The van der Waals surface area contributed by atoms with Crippen molar-refractivity contribution in [3.8, 4) is 17.9 Å². The van der Waals surface area contributed by atoms with E-state index in [-0.39, 0.29) is 11.5 Å². The Labute approximate surface area is 127 Å². The van der Waals surface area contributed by atoms with Gasteiger partial charge in [-0.2, -0.15) is 15.6 Å². The van der Waals surface area contributed by atoms with Gasteiger partial charge in [0.1, 0.15) is 12.1 Å². The summed E-state index contributed by atoms with van der Waals surface area (Å²) in [6.45, 7) is 1.90. The fourth-order valence-electron chi connectivity index (χ4n) is 2.00. The van der Waals surface area contributed by atoms with Crippen molar-refractivity contribution in [1.29, 1.82) is 10.5 Å². The summed E-state index contributed by atoms with van der Waals surface area (Å²) in [6.07, 6.45) is 1.84. The van der Waals surface area contributed by atoms with E-state index in [0.717, 1.165) is 26.1 Å². The van der Waals surface area contributed by atoms with Crippen LogP contribution >= 0.6 is 0 Å². The van der Waals surface area contributed by atoms with Gasteiger partial charge in [0.2, 0.25) is 5.71 Å². The molecule has 2 rings (SSSR count). The van der Waals surface area contributed by atoms with Crippen molar-refractivity contribution in [1.82, 2.24) is 0 Å².